The molecule has 0 heterocycles. The van der Waals surface area contributed by atoms with E-state index in [2.05, 4.69) is 0 Å². The summed E-state index contributed by atoms with van der Waals surface area (Å²) in [5.74, 6) is 0. The van der Waals surface area contributed by atoms with Gasteiger partial charge in [0.2, 0.25) is 0 Å². The van der Waals surface area contributed by atoms with Crippen LogP contribution in [0.5, 0.6) is 0 Å². The fraction of sp³-hybridized carbons (Fsp3) is 0.600. The van der Waals surface area contributed by atoms with E-state index in [-0.39, 0.29) is 0 Å². The number of rotatable bonds is 2. The molecule has 0 N–H and O–H groups in total. The van der Waals surface area contributed by atoms with Crippen LogP contribution in [0.3, 0.4) is 0 Å². The SMILES string of the molecule is [2H]P(C)(=O)C/C=C/C. The van der Waals surface area contributed by atoms with Gasteiger partial charge in [0, 0.05) is 6.16 Å². The van der Waals surface area contributed by atoms with Gasteiger partial charge in [-0.3, -0.25) is 0 Å². The zero-order valence-corrected chi connectivity index (χ0v) is 5.61. The van der Waals surface area contributed by atoms with Gasteiger partial charge in [-0.1, -0.05) is 12.2 Å². The second-order valence-corrected chi connectivity index (χ2v) is 3.00. The van der Waals surface area contributed by atoms with Gasteiger partial charge < -0.3 is 4.57 Å². The highest BCUT2D eigenvalue weighted by molar-refractivity contribution is 7.43. The van der Waals surface area contributed by atoms with Crippen LogP contribution in [-0.2, 0) is 4.57 Å². The molecule has 7 heavy (non-hydrogen) atoms. The van der Waals surface area contributed by atoms with E-state index in [4.69, 9.17) is 1.28 Å². The first-order chi connectivity index (χ1) is 3.56. The molecule has 0 aliphatic rings. The molecular formula is C5H11OP. The van der Waals surface area contributed by atoms with Crippen molar-refractivity contribution in [2.24, 2.45) is 0 Å². The second kappa shape index (κ2) is 4.14. The average Bonchev–Trinajstić information content (AvgIpc) is 1.59. The maximum absolute atomic E-state index is 10.6. The summed E-state index contributed by atoms with van der Waals surface area (Å²) < 4.78 is 17.5. The van der Waals surface area contributed by atoms with Gasteiger partial charge in [0.25, 0.3) is 0 Å². The van der Waals surface area contributed by atoms with Crippen molar-refractivity contribution in [3.63, 3.8) is 0 Å². The molecule has 0 aromatic heterocycles. The van der Waals surface area contributed by atoms with E-state index in [9.17, 15) is 4.57 Å². The Bertz CT molecular complexity index is 124. The minimum Gasteiger partial charge on any atom is -0.327 e. The number of hydrogen-bond acceptors (Lipinski definition) is 1. The van der Waals surface area contributed by atoms with Crippen LogP contribution in [-0.4, -0.2) is 14.1 Å². The quantitative estimate of drug-likeness (QED) is 0.399. The fourth-order valence-electron chi connectivity index (χ4n) is 0.254. The van der Waals surface area contributed by atoms with Gasteiger partial charge in [-0.05, 0) is 13.6 Å². The average molecular weight is 119 g/mol. The molecule has 0 aliphatic carbocycles. The van der Waals surface area contributed by atoms with Crippen LogP contribution >= 0.6 is 7.75 Å². The van der Waals surface area contributed by atoms with E-state index in [1.165, 1.54) is 6.66 Å². The first-order valence-corrected chi connectivity index (χ1v) is 4.16. The van der Waals surface area contributed by atoms with Crippen molar-refractivity contribution in [3.05, 3.63) is 12.2 Å². The highest BCUT2D eigenvalue weighted by atomic mass is 31.1. The Hall–Kier alpha value is -0.0300. The summed E-state index contributed by atoms with van der Waals surface area (Å²) in [6.07, 6.45) is 3.97. The Morgan fingerprint density at radius 1 is 2.00 bits per heavy atom. The lowest BCUT2D eigenvalue weighted by Gasteiger charge is -1.80. The molecule has 0 amide bonds. The number of allylic oxidation sites excluding steroid dienone is 2. The van der Waals surface area contributed by atoms with E-state index in [1.807, 2.05) is 13.0 Å². The molecule has 1 nitrogen and oxygen atoms in total. The molecule has 0 saturated heterocycles. The van der Waals surface area contributed by atoms with Crippen LogP contribution in [0.1, 0.15) is 6.92 Å². The summed E-state index contributed by atoms with van der Waals surface area (Å²) >= 11 is 0. The lowest BCUT2D eigenvalue weighted by Crippen LogP contribution is -1.62. The van der Waals surface area contributed by atoms with Crippen molar-refractivity contribution in [2.75, 3.05) is 12.8 Å². The van der Waals surface area contributed by atoms with E-state index < -0.39 is 7.75 Å². The van der Waals surface area contributed by atoms with Crippen molar-refractivity contribution in [2.45, 2.75) is 6.92 Å². The van der Waals surface area contributed by atoms with E-state index in [1.54, 1.807) is 6.08 Å². The minimum absolute atomic E-state index is 0.406. The van der Waals surface area contributed by atoms with Crippen LogP contribution < -0.4 is 0 Å². The maximum Gasteiger partial charge on any atom is 0.100 e. The van der Waals surface area contributed by atoms with Crippen molar-refractivity contribution < 1.29 is 4.57 Å². The summed E-state index contributed by atoms with van der Waals surface area (Å²) in [6, 6.07) is 0. The van der Waals surface area contributed by atoms with Crippen LogP contribution in [0.4, 0.5) is 0 Å². The van der Waals surface area contributed by atoms with Gasteiger partial charge in [0.1, 0.15) is 1.28 Å². The lowest BCUT2D eigenvalue weighted by atomic mass is 10.6. The Balaban J connectivity index is 3.57. The van der Waals surface area contributed by atoms with Gasteiger partial charge in [-0.15, -0.1) is 0 Å². The van der Waals surface area contributed by atoms with Gasteiger partial charge in [0.15, 0.2) is 0 Å². The van der Waals surface area contributed by atoms with Crippen molar-refractivity contribution in [1.82, 2.24) is 0 Å². The molecule has 0 bridgehead atoms. The molecule has 42 valence electrons. The third-order valence-electron chi connectivity index (χ3n) is 0.598. The number of hydrogen-bond donors (Lipinski definition) is 0. The van der Waals surface area contributed by atoms with E-state index in [0.29, 0.717) is 6.16 Å². The van der Waals surface area contributed by atoms with Crippen LogP contribution in [0.15, 0.2) is 12.2 Å². The van der Waals surface area contributed by atoms with Crippen LogP contribution in [0.25, 0.3) is 0 Å². The molecule has 0 spiro atoms. The topological polar surface area (TPSA) is 17.1 Å². The largest absolute Gasteiger partial charge is 0.327 e. The summed E-state index contributed by atoms with van der Waals surface area (Å²) in [4.78, 5) is 0. The van der Waals surface area contributed by atoms with Gasteiger partial charge >= 0.3 is 0 Å². The van der Waals surface area contributed by atoms with E-state index in [0.717, 1.165) is 0 Å². The zero-order chi connectivity index (χ0) is 6.62. The van der Waals surface area contributed by atoms with Crippen molar-refractivity contribution in [3.8, 4) is 0 Å². The summed E-state index contributed by atoms with van der Waals surface area (Å²) in [7, 11) is -2.52. The minimum atomic E-state index is -2.52. The normalized spacial score (nSPS) is 21.7. The summed E-state index contributed by atoms with van der Waals surface area (Å²) in [5, 5.41) is 0. The first kappa shape index (κ1) is 5.11. The Morgan fingerprint density at radius 3 is 2.71 bits per heavy atom. The Labute approximate surface area is 46.5 Å². The standard InChI is InChI=1S/C5H11OP/c1-3-4-5-7(2)6/h3-4,7H,5H2,1-2H3/b4-3+/i7D. The monoisotopic (exact) mass is 119 g/mol. The van der Waals surface area contributed by atoms with E-state index >= 15 is 0 Å². The smallest absolute Gasteiger partial charge is 0.100 e. The molecule has 0 aromatic rings. The predicted molar refractivity (Wildman–Crippen MR) is 34.6 cm³/mol. The Kier molecular flexibility index (Phi) is 3.02. The maximum atomic E-state index is 10.6. The molecule has 0 rings (SSSR count). The molecule has 0 aliphatic heterocycles. The lowest BCUT2D eigenvalue weighted by molar-refractivity contribution is 0.593. The van der Waals surface area contributed by atoms with Crippen molar-refractivity contribution >= 4 is 7.75 Å². The molecule has 0 aromatic carbocycles. The zero-order valence-electron chi connectivity index (χ0n) is 5.72. The molecule has 0 radical (unpaired) electrons. The highest BCUT2D eigenvalue weighted by Gasteiger charge is 1.79. The highest BCUT2D eigenvalue weighted by Crippen LogP contribution is 2.11. The van der Waals surface area contributed by atoms with Crippen molar-refractivity contribution in [1.29, 1.82) is 1.28 Å². The van der Waals surface area contributed by atoms with Gasteiger partial charge in [-0.25, -0.2) is 0 Å². The third-order valence-corrected chi connectivity index (χ3v) is 1.32. The molecule has 1 atom stereocenters. The molecule has 0 saturated carbocycles. The molecule has 0 fully saturated rings. The van der Waals surface area contributed by atoms with Gasteiger partial charge in [-0.2, -0.15) is 0 Å². The Morgan fingerprint density at radius 2 is 2.57 bits per heavy atom. The molecule has 1 unspecified atom stereocenters. The second-order valence-electron chi connectivity index (χ2n) is 1.38. The predicted octanol–water partition coefficient (Wildman–Crippen LogP) is 1.75. The fourth-order valence-corrected chi connectivity index (χ4v) is 0.762. The summed E-state index contributed by atoms with van der Waals surface area (Å²) in [6.45, 7) is 3.32. The third kappa shape index (κ3) is 5.97. The first-order valence-electron chi connectivity index (χ1n) is 2.71. The molecule has 2 heteroatoms. The van der Waals surface area contributed by atoms with Crippen LogP contribution in [0, 0.1) is 0 Å². The molecular weight excluding hydrogens is 107 g/mol. The summed E-state index contributed by atoms with van der Waals surface area (Å²) in [5.41, 5.74) is 0. The van der Waals surface area contributed by atoms with Gasteiger partial charge in [0.05, 0.1) is 7.75 Å². The van der Waals surface area contributed by atoms with Crippen LogP contribution in [0.2, 0.25) is 0 Å².